The molecule has 1 heterocycles. The van der Waals surface area contributed by atoms with Crippen molar-refractivity contribution in [3.05, 3.63) is 12.3 Å². The second-order valence-corrected chi connectivity index (χ2v) is 5.39. The summed E-state index contributed by atoms with van der Waals surface area (Å²) in [6.07, 6.45) is 6.94. The maximum atomic E-state index is 4.00. The van der Waals surface area contributed by atoms with Crippen LogP contribution < -0.4 is 5.32 Å². The van der Waals surface area contributed by atoms with Gasteiger partial charge in [-0.1, -0.05) is 39.2 Å². The molecule has 1 N–H and O–H groups in total. The standard InChI is InChI=1S/C15H31N3/c1-4-5-6-7-8-9-17-10-12-18(13-11-17)14-15(2)16-3/h16H,2,4-14H2,1,3H3. The minimum absolute atomic E-state index is 1.00. The van der Waals surface area contributed by atoms with Gasteiger partial charge in [0.25, 0.3) is 0 Å². The lowest BCUT2D eigenvalue weighted by atomic mass is 10.1. The maximum Gasteiger partial charge on any atom is 0.0376 e. The number of nitrogens with zero attached hydrogens (tertiary/aromatic N) is 2. The summed E-state index contributed by atoms with van der Waals surface area (Å²) in [6.45, 7) is 13.4. The minimum atomic E-state index is 1.00. The highest BCUT2D eigenvalue weighted by Crippen LogP contribution is 2.07. The number of piperazine rings is 1. The summed E-state index contributed by atoms with van der Waals surface area (Å²) in [5.74, 6) is 0. The van der Waals surface area contributed by atoms with Gasteiger partial charge in [0.2, 0.25) is 0 Å². The van der Waals surface area contributed by atoms with Crippen LogP contribution >= 0.6 is 0 Å². The number of rotatable bonds is 9. The van der Waals surface area contributed by atoms with E-state index in [1.807, 2.05) is 7.05 Å². The van der Waals surface area contributed by atoms with Crippen LogP contribution in [0.4, 0.5) is 0 Å². The molecule has 0 atom stereocenters. The number of likely N-dealkylation sites (N-methyl/N-ethyl adjacent to an activating group) is 1. The molecule has 3 heteroatoms. The van der Waals surface area contributed by atoms with Crippen LogP contribution in [0.15, 0.2) is 12.3 Å². The van der Waals surface area contributed by atoms with Crippen LogP contribution in [0.5, 0.6) is 0 Å². The molecular weight excluding hydrogens is 222 g/mol. The Hall–Kier alpha value is -0.540. The van der Waals surface area contributed by atoms with Gasteiger partial charge in [-0.15, -0.1) is 0 Å². The molecule has 1 fully saturated rings. The number of hydrogen-bond donors (Lipinski definition) is 1. The summed E-state index contributed by atoms with van der Waals surface area (Å²) in [5.41, 5.74) is 1.13. The quantitative estimate of drug-likeness (QED) is 0.636. The fourth-order valence-corrected chi connectivity index (χ4v) is 2.46. The highest BCUT2D eigenvalue weighted by Gasteiger charge is 2.16. The second-order valence-electron chi connectivity index (χ2n) is 5.39. The van der Waals surface area contributed by atoms with E-state index in [1.54, 1.807) is 0 Å². The third-order valence-electron chi connectivity index (χ3n) is 3.81. The Morgan fingerprint density at radius 3 is 2.22 bits per heavy atom. The maximum absolute atomic E-state index is 4.00. The molecule has 0 aromatic carbocycles. The fourth-order valence-electron chi connectivity index (χ4n) is 2.46. The fraction of sp³-hybridized carbons (Fsp3) is 0.867. The van der Waals surface area contributed by atoms with Crippen molar-refractivity contribution >= 4 is 0 Å². The first-order valence-electron chi connectivity index (χ1n) is 7.56. The van der Waals surface area contributed by atoms with Crippen LogP contribution in [0, 0.1) is 0 Å². The van der Waals surface area contributed by atoms with Crippen LogP contribution in [-0.4, -0.2) is 56.1 Å². The van der Waals surface area contributed by atoms with E-state index in [-0.39, 0.29) is 0 Å². The average Bonchev–Trinajstić information content (AvgIpc) is 2.40. The monoisotopic (exact) mass is 253 g/mol. The van der Waals surface area contributed by atoms with E-state index in [0.717, 1.165) is 12.2 Å². The summed E-state index contributed by atoms with van der Waals surface area (Å²) < 4.78 is 0. The molecule has 0 aliphatic carbocycles. The molecule has 1 saturated heterocycles. The van der Waals surface area contributed by atoms with Gasteiger partial charge in [0, 0.05) is 45.5 Å². The molecule has 0 bridgehead atoms. The van der Waals surface area contributed by atoms with E-state index in [4.69, 9.17) is 0 Å². The summed E-state index contributed by atoms with van der Waals surface area (Å²) in [4.78, 5) is 5.11. The Morgan fingerprint density at radius 1 is 1.00 bits per heavy atom. The summed E-state index contributed by atoms with van der Waals surface area (Å²) in [6, 6.07) is 0. The van der Waals surface area contributed by atoms with Crippen LogP contribution in [0.3, 0.4) is 0 Å². The van der Waals surface area contributed by atoms with Crippen molar-refractivity contribution in [1.29, 1.82) is 0 Å². The number of unbranched alkanes of at least 4 members (excludes halogenated alkanes) is 4. The zero-order valence-corrected chi connectivity index (χ0v) is 12.4. The molecule has 0 aromatic rings. The summed E-state index contributed by atoms with van der Waals surface area (Å²) >= 11 is 0. The first kappa shape index (κ1) is 15.5. The Bertz CT molecular complexity index is 220. The molecular formula is C15H31N3. The molecule has 106 valence electrons. The van der Waals surface area contributed by atoms with Crippen LogP contribution in [-0.2, 0) is 0 Å². The van der Waals surface area contributed by atoms with E-state index in [2.05, 4.69) is 28.6 Å². The van der Waals surface area contributed by atoms with Gasteiger partial charge in [-0.3, -0.25) is 4.90 Å². The van der Waals surface area contributed by atoms with Gasteiger partial charge in [-0.2, -0.15) is 0 Å². The van der Waals surface area contributed by atoms with Crippen molar-refractivity contribution in [2.24, 2.45) is 0 Å². The van der Waals surface area contributed by atoms with E-state index in [0.29, 0.717) is 0 Å². The van der Waals surface area contributed by atoms with Gasteiger partial charge < -0.3 is 10.2 Å². The Balaban J connectivity index is 2.03. The predicted octanol–water partition coefficient (Wildman–Crippen LogP) is 2.31. The van der Waals surface area contributed by atoms with Gasteiger partial charge in [0.15, 0.2) is 0 Å². The zero-order chi connectivity index (χ0) is 13.2. The Kier molecular flexibility index (Phi) is 8.10. The van der Waals surface area contributed by atoms with Gasteiger partial charge in [0.05, 0.1) is 0 Å². The van der Waals surface area contributed by atoms with Crippen molar-refractivity contribution in [1.82, 2.24) is 15.1 Å². The first-order chi connectivity index (χ1) is 8.76. The van der Waals surface area contributed by atoms with Crippen molar-refractivity contribution in [3.8, 4) is 0 Å². The molecule has 0 aromatic heterocycles. The van der Waals surface area contributed by atoms with E-state index in [9.17, 15) is 0 Å². The Labute approximate surface area is 113 Å². The minimum Gasteiger partial charge on any atom is -0.391 e. The van der Waals surface area contributed by atoms with Crippen molar-refractivity contribution in [2.45, 2.75) is 39.0 Å². The van der Waals surface area contributed by atoms with Crippen molar-refractivity contribution in [2.75, 3.05) is 46.3 Å². The van der Waals surface area contributed by atoms with E-state index in [1.165, 1.54) is 64.8 Å². The highest BCUT2D eigenvalue weighted by atomic mass is 15.3. The van der Waals surface area contributed by atoms with Gasteiger partial charge in [-0.25, -0.2) is 0 Å². The summed E-state index contributed by atoms with van der Waals surface area (Å²) in [7, 11) is 1.95. The SMILES string of the molecule is C=C(CN1CCN(CCCCCCC)CC1)NC. The second kappa shape index (κ2) is 9.40. The van der Waals surface area contributed by atoms with E-state index >= 15 is 0 Å². The molecule has 0 amide bonds. The molecule has 0 radical (unpaired) electrons. The van der Waals surface area contributed by atoms with E-state index < -0.39 is 0 Å². The molecule has 0 unspecified atom stereocenters. The molecule has 18 heavy (non-hydrogen) atoms. The van der Waals surface area contributed by atoms with Crippen LogP contribution in [0.1, 0.15) is 39.0 Å². The predicted molar refractivity (Wildman–Crippen MR) is 79.8 cm³/mol. The third kappa shape index (κ3) is 6.41. The lowest BCUT2D eigenvalue weighted by Gasteiger charge is -2.35. The van der Waals surface area contributed by atoms with Gasteiger partial charge >= 0.3 is 0 Å². The third-order valence-corrected chi connectivity index (χ3v) is 3.81. The zero-order valence-electron chi connectivity index (χ0n) is 12.4. The number of hydrogen-bond acceptors (Lipinski definition) is 3. The van der Waals surface area contributed by atoms with Crippen LogP contribution in [0.25, 0.3) is 0 Å². The molecule has 0 saturated carbocycles. The molecule has 0 spiro atoms. The summed E-state index contributed by atoms with van der Waals surface area (Å²) in [5, 5.41) is 3.13. The van der Waals surface area contributed by atoms with Gasteiger partial charge in [-0.05, 0) is 13.0 Å². The lowest BCUT2D eigenvalue weighted by molar-refractivity contribution is 0.137. The van der Waals surface area contributed by atoms with Gasteiger partial charge in [0.1, 0.15) is 0 Å². The molecule has 1 rings (SSSR count). The topological polar surface area (TPSA) is 18.5 Å². The molecule has 3 nitrogen and oxygen atoms in total. The first-order valence-corrected chi connectivity index (χ1v) is 7.56. The smallest absolute Gasteiger partial charge is 0.0376 e. The molecule has 1 aliphatic heterocycles. The normalized spacial score (nSPS) is 17.9. The number of nitrogens with one attached hydrogen (secondary N) is 1. The van der Waals surface area contributed by atoms with Crippen molar-refractivity contribution in [3.63, 3.8) is 0 Å². The molecule has 1 aliphatic rings. The average molecular weight is 253 g/mol. The highest BCUT2D eigenvalue weighted by molar-refractivity contribution is 4.94. The van der Waals surface area contributed by atoms with Crippen LogP contribution in [0.2, 0.25) is 0 Å². The Morgan fingerprint density at radius 2 is 1.61 bits per heavy atom. The largest absolute Gasteiger partial charge is 0.391 e. The van der Waals surface area contributed by atoms with Crippen molar-refractivity contribution < 1.29 is 0 Å². The lowest BCUT2D eigenvalue weighted by Crippen LogP contribution is -2.47.